The number of hydrogen-bond acceptors (Lipinski definition) is 3. The molecule has 3 rings (SSSR count). The lowest BCUT2D eigenvalue weighted by molar-refractivity contribution is -0.139. The molecule has 1 heterocycles. The molecule has 0 saturated carbocycles. The van der Waals surface area contributed by atoms with Crippen molar-refractivity contribution in [2.24, 2.45) is 11.8 Å². The summed E-state index contributed by atoms with van der Waals surface area (Å²) in [5, 5.41) is 2.99. The van der Waals surface area contributed by atoms with Crippen LogP contribution in [0.15, 0.2) is 59.5 Å². The van der Waals surface area contributed by atoms with Crippen LogP contribution < -0.4 is 5.32 Å². The third kappa shape index (κ3) is 5.95. The van der Waals surface area contributed by atoms with Crippen LogP contribution in [0.5, 0.6) is 0 Å². The predicted molar refractivity (Wildman–Crippen MR) is 120 cm³/mol. The molecule has 1 aliphatic heterocycles. The largest absolute Gasteiger partial charge is 0.417 e. The number of amides is 1. The number of alkyl halides is 3. The maximum Gasteiger partial charge on any atom is 0.417 e. The van der Waals surface area contributed by atoms with E-state index in [1.54, 1.807) is 0 Å². The van der Waals surface area contributed by atoms with Gasteiger partial charge in [0.05, 0.1) is 10.5 Å². The van der Waals surface area contributed by atoms with Crippen LogP contribution in [0.4, 0.5) is 13.2 Å². The molecule has 180 valence electrons. The molecule has 33 heavy (non-hydrogen) atoms. The van der Waals surface area contributed by atoms with Crippen molar-refractivity contribution in [2.75, 3.05) is 19.6 Å². The first-order valence-electron chi connectivity index (χ1n) is 11.0. The molecule has 1 unspecified atom stereocenters. The predicted octanol–water partition coefficient (Wildman–Crippen LogP) is 4.66. The molecule has 2 aromatic carbocycles. The fraction of sp³-hybridized carbons (Fsp3) is 0.458. The molecule has 1 amide bonds. The Morgan fingerprint density at radius 3 is 2.18 bits per heavy atom. The van der Waals surface area contributed by atoms with E-state index in [4.69, 9.17) is 0 Å². The Labute approximate surface area is 193 Å². The Balaban J connectivity index is 1.62. The van der Waals surface area contributed by atoms with Gasteiger partial charge >= 0.3 is 6.18 Å². The van der Waals surface area contributed by atoms with E-state index < -0.39 is 26.7 Å². The number of carbonyl (C=O) groups excluding carboxylic acids is 1. The zero-order valence-electron chi connectivity index (χ0n) is 18.7. The quantitative estimate of drug-likeness (QED) is 0.624. The van der Waals surface area contributed by atoms with Crippen LogP contribution in [0.3, 0.4) is 0 Å². The van der Waals surface area contributed by atoms with Crippen LogP contribution in [0.2, 0.25) is 0 Å². The summed E-state index contributed by atoms with van der Waals surface area (Å²) in [6.45, 7) is 4.65. The van der Waals surface area contributed by atoms with Gasteiger partial charge in [-0.15, -0.1) is 0 Å². The van der Waals surface area contributed by atoms with Gasteiger partial charge in [-0.05, 0) is 36.5 Å². The zero-order valence-corrected chi connectivity index (χ0v) is 19.5. The van der Waals surface area contributed by atoms with E-state index >= 15 is 0 Å². The van der Waals surface area contributed by atoms with Crippen LogP contribution in [0.25, 0.3) is 0 Å². The molecule has 0 aliphatic carbocycles. The van der Waals surface area contributed by atoms with Gasteiger partial charge in [0.1, 0.15) is 0 Å². The zero-order chi connectivity index (χ0) is 24.2. The summed E-state index contributed by atoms with van der Waals surface area (Å²) in [5.41, 5.74) is -0.0393. The maximum absolute atomic E-state index is 13.3. The molecule has 1 atom stereocenters. The third-order valence-electron chi connectivity index (χ3n) is 6.16. The van der Waals surface area contributed by atoms with Gasteiger partial charge in [-0.3, -0.25) is 4.79 Å². The SMILES string of the molecule is CC(C)C(CNC(=O)C1CCN(S(=O)(=O)c2ccccc2C(F)(F)F)CC1)c1ccccc1. The van der Waals surface area contributed by atoms with Crippen molar-refractivity contribution in [3.63, 3.8) is 0 Å². The molecule has 0 radical (unpaired) electrons. The van der Waals surface area contributed by atoms with Crippen molar-refractivity contribution in [2.45, 2.75) is 43.7 Å². The van der Waals surface area contributed by atoms with Gasteiger partial charge in [0.15, 0.2) is 0 Å². The minimum atomic E-state index is -4.77. The molecule has 9 heteroatoms. The summed E-state index contributed by atoms with van der Waals surface area (Å²) in [5.74, 6) is -0.0647. The average molecular weight is 483 g/mol. The summed E-state index contributed by atoms with van der Waals surface area (Å²) in [6, 6.07) is 14.1. The van der Waals surface area contributed by atoms with Crippen LogP contribution in [-0.2, 0) is 21.0 Å². The number of sulfonamides is 1. The fourth-order valence-corrected chi connectivity index (χ4v) is 5.90. The van der Waals surface area contributed by atoms with E-state index in [9.17, 15) is 26.4 Å². The lowest BCUT2D eigenvalue weighted by atomic mass is 9.88. The molecule has 5 nitrogen and oxygen atoms in total. The monoisotopic (exact) mass is 482 g/mol. The normalized spacial score (nSPS) is 17.2. The van der Waals surface area contributed by atoms with Crippen molar-refractivity contribution < 1.29 is 26.4 Å². The molecule has 1 fully saturated rings. The van der Waals surface area contributed by atoms with Crippen molar-refractivity contribution >= 4 is 15.9 Å². The third-order valence-corrected chi connectivity index (χ3v) is 8.12. The molecule has 0 aromatic heterocycles. The highest BCUT2D eigenvalue weighted by Gasteiger charge is 2.40. The van der Waals surface area contributed by atoms with Gasteiger partial charge in [0, 0.05) is 31.5 Å². The van der Waals surface area contributed by atoms with Crippen LogP contribution in [0.1, 0.15) is 43.7 Å². The van der Waals surface area contributed by atoms with Crippen molar-refractivity contribution in [1.29, 1.82) is 0 Å². The molecule has 2 aromatic rings. The number of piperidine rings is 1. The van der Waals surface area contributed by atoms with Crippen LogP contribution in [0, 0.1) is 11.8 Å². The Morgan fingerprint density at radius 1 is 1.03 bits per heavy atom. The molecular weight excluding hydrogens is 453 g/mol. The smallest absolute Gasteiger partial charge is 0.355 e. The van der Waals surface area contributed by atoms with Crippen LogP contribution >= 0.6 is 0 Å². The molecule has 1 N–H and O–H groups in total. The average Bonchev–Trinajstić information content (AvgIpc) is 2.79. The Hall–Kier alpha value is -2.39. The van der Waals surface area contributed by atoms with Gasteiger partial charge in [0.2, 0.25) is 15.9 Å². The summed E-state index contributed by atoms with van der Waals surface area (Å²) < 4.78 is 66.8. The first-order chi connectivity index (χ1) is 15.5. The van der Waals surface area contributed by atoms with E-state index in [1.165, 1.54) is 6.07 Å². The van der Waals surface area contributed by atoms with E-state index in [0.717, 1.165) is 28.1 Å². The summed E-state index contributed by atoms with van der Waals surface area (Å²) in [4.78, 5) is 12.0. The number of hydrogen-bond donors (Lipinski definition) is 1. The molecule has 1 saturated heterocycles. The van der Waals surface area contributed by atoms with Gasteiger partial charge in [-0.2, -0.15) is 17.5 Å². The second kappa shape index (κ2) is 10.3. The maximum atomic E-state index is 13.3. The topological polar surface area (TPSA) is 66.5 Å². The first-order valence-corrected chi connectivity index (χ1v) is 12.4. The second-order valence-electron chi connectivity index (χ2n) is 8.68. The Bertz CT molecular complexity index is 1050. The number of benzene rings is 2. The van der Waals surface area contributed by atoms with E-state index in [0.29, 0.717) is 12.5 Å². The van der Waals surface area contributed by atoms with E-state index in [1.807, 2.05) is 30.3 Å². The molecule has 1 aliphatic rings. The lowest BCUT2D eigenvalue weighted by Crippen LogP contribution is -2.44. The summed E-state index contributed by atoms with van der Waals surface area (Å²) >= 11 is 0. The highest BCUT2D eigenvalue weighted by Crippen LogP contribution is 2.36. The van der Waals surface area contributed by atoms with Crippen LogP contribution in [-0.4, -0.2) is 38.3 Å². The van der Waals surface area contributed by atoms with Gasteiger partial charge in [-0.25, -0.2) is 8.42 Å². The summed E-state index contributed by atoms with van der Waals surface area (Å²) in [6.07, 6.45) is -4.25. The number of nitrogens with one attached hydrogen (secondary N) is 1. The Morgan fingerprint density at radius 2 is 1.61 bits per heavy atom. The Kier molecular flexibility index (Phi) is 7.84. The number of rotatable bonds is 7. The standard InChI is InChI=1S/C24H29F3N2O3S/c1-17(2)20(18-8-4-3-5-9-18)16-28-23(30)19-12-14-29(15-13-19)33(31,32)22-11-7-6-10-21(22)24(25,26)27/h3-11,17,19-20H,12-16H2,1-2H3,(H,28,30). The lowest BCUT2D eigenvalue weighted by Gasteiger charge is -2.31. The molecule has 0 spiro atoms. The molecule has 0 bridgehead atoms. The molecular formula is C24H29F3N2O3S. The number of nitrogens with zero attached hydrogens (tertiary/aromatic N) is 1. The van der Waals surface area contributed by atoms with Crippen molar-refractivity contribution in [1.82, 2.24) is 9.62 Å². The van der Waals surface area contributed by atoms with E-state index in [2.05, 4.69) is 19.2 Å². The highest BCUT2D eigenvalue weighted by atomic mass is 32.2. The number of halogens is 3. The second-order valence-corrected chi connectivity index (χ2v) is 10.6. The van der Waals surface area contributed by atoms with E-state index in [-0.39, 0.29) is 43.7 Å². The van der Waals surface area contributed by atoms with Crippen molar-refractivity contribution in [3.05, 3.63) is 65.7 Å². The van der Waals surface area contributed by atoms with Gasteiger partial charge < -0.3 is 5.32 Å². The minimum absolute atomic E-state index is 0.00109. The van der Waals surface area contributed by atoms with Gasteiger partial charge in [-0.1, -0.05) is 56.3 Å². The van der Waals surface area contributed by atoms with Crippen molar-refractivity contribution in [3.8, 4) is 0 Å². The fourth-order valence-electron chi connectivity index (χ4n) is 4.22. The summed E-state index contributed by atoms with van der Waals surface area (Å²) in [7, 11) is -4.32. The first kappa shape index (κ1) is 25.2. The number of carbonyl (C=O) groups is 1. The van der Waals surface area contributed by atoms with Gasteiger partial charge in [0.25, 0.3) is 0 Å². The highest BCUT2D eigenvalue weighted by molar-refractivity contribution is 7.89. The minimum Gasteiger partial charge on any atom is -0.355 e.